The summed E-state index contributed by atoms with van der Waals surface area (Å²) in [6.07, 6.45) is 5.01. The number of hydrogen-bond acceptors (Lipinski definition) is 2. The first-order valence-corrected chi connectivity index (χ1v) is 4.98. The zero-order chi connectivity index (χ0) is 10.0. The van der Waals surface area contributed by atoms with Gasteiger partial charge in [0, 0.05) is 12.8 Å². The summed E-state index contributed by atoms with van der Waals surface area (Å²) in [5.41, 5.74) is 0.637. The molecule has 14 heavy (non-hydrogen) atoms. The molecule has 2 heterocycles. The summed E-state index contributed by atoms with van der Waals surface area (Å²) in [7, 11) is 0. The minimum absolute atomic E-state index is 0.0865. The third-order valence-electron chi connectivity index (χ3n) is 2.79. The highest BCUT2D eigenvalue weighted by Gasteiger charge is 2.30. The second kappa shape index (κ2) is 3.58. The number of carbonyl (C=O) groups excluding carboxylic acids is 1. The Morgan fingerprint density at radius 3 is 3.21 bits per heavy atom. The molecule has 1 aliphatic rings. The molecule has 0 bridgehead atoms. The predicted octanol–water partition coefficient (Wildman–Crippen LogP) is 1.87. The molecule has 1 unspecified atom stereocenters. The van der Waals surface area contributed by atoms with E-state index in [2.05, 4.69) is 6.92 Å². The van der Waals surface area contributed by atoms with Gasteiger partial charge in [0.05, 0.1) is 17.8 Å². The average molecular weight is 193 g/mol. The molecule has 0 aromatic carbocycles. The topological polar surface area (TPSA) is 31.2 Å². The molecule has 1 aliphatic heterocycles. The van der Waals surface area contributed by atoms with Crippen molar-refractivity contribution in [2.24, 2.45) is 0 Å². The van der Waals surface area contributed by atoms with Crippen LogP contribution in [-0.4, -0.2) is 23.1 Å². The predicted molar refractivity (Wildman–Crippen MR) is 53.4 cm³/mol. The fourth-order valence-corrected chi connectivity index (χ4v) is 2.00. The number of carbonyl (C=O) groups is 1. The summed E-state index contributed by atoms with van der Waals surface area (Å²) in [4.78, 5) is 10.7. The summed E-state index contributed by atoms with van der Waals surface area (Å²) >= 11 is 0. The van der Waals surface area contributed by atoms with Crippen molar-refractivity contribution >= 4 is 6.29 Å². The zero-order valence-corrected chi connectivity index (χ0v) is 8.40. The maximum Gasteiger partial charge on any atom is 0.166 e. The Labute approximate surface area is 83.7 Å². The van der Waals surface area contributed by atoms with Crippen LogP contribution in [0, 0.1) is 0 Å². The van der Waals surface area contributed by atoms with Gasteiger partial charge in [-0.15, -0.1) is 0 Å². The van der Waals surface area contributed by atoms with Gasteiger partial charge in [0.25, 0.3) is 0 Å². The summed E-state index contributed by atoms with van der Waals surface area (Å²) in [5.74, 6) is 0. The molecule has 0 N–H and O–H groups in total. The van der Waals surface area contributed by atoms with Gasteiger partial charge in [-0.25, -0.2) is 0 Å². The Morgan fingerprint density at radius 2 is 2.57 bits per heavy atom. The van der Waals surface area contributed by atoms with Gasteiger partial charge < -0.3 is 9.30 Å². The lowest BCUT2D eigenvalue weighted by atomic mass is 10.0. The average Bonchev–Trinajstić information content (AvgIpc) is 2.75. The Morgan fingerprint density at radius 1 is 1.71 bits per heavy atom. The maximum atomic E-state index is 10.7. The van der Waals surface area contributed by atoms with E-state index in [4.69, 9.17) is 4.74 Å². The van der Waals surface area contributed by atoms with Crippen LogP contribution in [-0.2, 0) is 11.3 Å². The molecule has 76 valence electrons. The number of ether oxygens (including phenoxy) is 1. The van der Waals surface area contributed by atoms with Crippen LogP contribution < -0.4 is 0 Å². The normalized spacial score (nSPS) is 26.6. The molecule has 1 saturated heterocycles. The van der Waals surface area contributed by atoms with Crippen molar-refractivity contribution in [1.82, 2.24) is 4.57 Å². The highest BCUT2D eigenvalue weighted by atomic mass is 16.5. The molecule has 0 saturated carbocycles. The molecule has 0 radical (unpaired) electrons. The molecule has 3 heteroatoms. The smallest absolute Gasteiger partial charge is 0.166 e. The van der Waals surface area contributed by atoms with Crippen molar-refractivity contribution in [3.05, 3.63) is 24.0 Å². The minimum atomic E-state index is -0.0865. The molecule has 0 amide bonds. The number of aldehydes is 1. The van der Waals surface area contributed by atoms with Gasteiger partial charge in [0.1, 0.15) is 0 Å². The first kappa shape index (κ1) is 9.46. The summed E-state index contributed by atoms with van der Waals surface area (Å²) < 4.78 is 7.63. The fraction of sp³-hybridized carbons (Fsp3) is 0.545. The van der Waals surface area contributed by atoms with Crippen LogP contribution in [0.4, 0.5) is 0 Å². The molecule has 1 aromatic heterocycles. The zero-order valence-electron chi connectivity index (χ0n) is 8.40. The monoisotopic (exact) mass is 193 g/mol. The van der Waals surface area contributed by atoms with Crippen LogP contribution in [0.2, 0.25) is 0 Å². The van der Waals surface area contributed by atoms with Crippen molar-refractivity contribution in [1.29, 1.82) is 0 Å². The van der Waals surface area contributed by atoms with Crippen molar-refractivity contribution in [3.8, 4) is 0 Å². The van der Waals surface area contributed by atoms with E-state index in [9.17, 15) is 4.79 Å². The summed E-state index contributed by atoms with van der Waals surface area (Å²) in [6.45, 7) is 3.72. The van der Waals surface area contributed by atoms with Crippen LogP contribution in [0.25, 0.3) is 0 Å². The van der Waals surface area contributed by atoms with E-state index < -0.39 is 0 Å². The molecule has 1 atom stereocenters. The number of hydrogen-bond donors (Lipinski definition) is 0. The van der Waals surface area contributed by atoms with E-state index in [1.807, 2.05) is 22.9 Å². The van der Waals surface area contributed by atoms with E-state index in [1.165, 1.54) is 0 Å². The van der Waals surface area contributed by atoms with E-state index >= 15 is 0 Å². The van der Waals surface area contributed by atoms with Gasteiger partial charge >= 0.3 is 0 Å². The van der Waals surface area contributed by atoms with E-state index in [-0.39, 0.29) is 5.60 Å². The number of aromatic nitrogens is 1. The lowest BCUT2D eigenvalue weighted by Gasteiger charge is -2.24. The lowest BCUT2D eigenvalue weighted by molar-refractivity contribution is 0.00604. The van der Waals surface area contributed by atoms with Gasteiger partial charge in [-0.2, -0.15) is 0 Å². The van der Waals surface area contributed by atoms with Gasteiger partial charge in [-0.1, -0.05) is 0 Å². The number of nitrogens with zero attached hydrogens (tertiary/aromatic N) is 1. The third-order valence-corrected chi connectivity index (χ3v) is 2.79. The van der Waals surface area contributed by atoms with E-state index in [1.54, 1.807) is 0 Å². The van der Waals surface area contributed by atoms with Crippen LogP contribution >= 0.6 is 0 Å². The highest BCUT2D eigenvalue weighted by molar-refractivity contribution is 5.72. The Balaban J connectivity index is 2.13. The summed E-state index contributed by atoms with van der Waals surface area (Å²) in [5, 5.41) is 0. The Kier molecular flexibility index (Phi) is 2.42. The third kappa shape index (κ3) is 1.73. The van der Waals surface area contributed by atoms with Gasteiger partial charge in [0.2, 0.25) is 0 Å². The first-order valence-electron chi connectivity index (χ1n) is 4.98. The van der Waals surface area contributed by atoms with Crippen molar-refractivity contribution < 1.29 is 9.53 Å². The maximum absolute atomic E-state index is 10.7. The number of rotatable bonds is 3. The second-order valence-corrected chi connectivity index (χ2v) is 4.08. The van der Waals surface area contributed by atoms with Gasteiger partial charge in [-0.05, 0) is 31.9 Å². The molecule has 0 aliphatic carbocycles. The van der Waals surface area contributed by atoms with E-state index in [0.29, 0.717) is 0 Å². The minimum Gasteiger partial charge on any atom is -0.373 e. The van der Waals surface area contributed by atoms with Crippen molar-refractivity contribution in [3.63, 3.8) is 0 Å². The molecule has 1 fully saturated rings. The largest absolute Gasteiger partial charge is 0.373 e. The Bertz CT molecular complexity index is 324. The van der Waals surface area contributed by atoms with Crippen LogP contribution in [0.3, 0.4) is 0 Å². The molecular weight excluding hydrogens is 178 g/mol. The Hall–Kier alpha value is -1.09. The van der Waals surface area contributed by atoms with Gasteiger partial charge in [-0.3, -0.25) is 4.79 Å². The molecule has 1 aromatic rings. The molecule has 2 rings (SSSR count). The lowest BCUT2D eigenvalue weighted by Crippen LogP contribution is -2.29. The first-order chi connectivity index (χ1) is 6.73. The SMILES string of the molecule is CC1(Cn2cccc2C=O)CCCO1. The van der Waals surface area contributed by atoms with Crippen molar-refractivity contribution in [2.75, 3.05) is 6.61 Å². The molecular formula is C11H15NO2. The molecule has 3 nitrogen and oxygen atoms in total. The van der Waals surface area contributed by atoms with Gasteiger partial charge in [0.15, 0.2) is 6.29 Å². The van der Waals surface area contributed by atoms with Crippen LogP contribution in [0.1, 0.15) is 30.3 Å². The van der Waals surface area contributed by atoms with Crippen LogP contribution in [0.15, 0.2) is 18.3 Å². The summed E-state index contributed by atoms with van der Waals surface area (Å²) in [6, 6.07) is 3.72. The van der Waals surface area contributed by atoms with Crippen molar-refractivity contribution in [2.45, 2.75) is 31.9 Å². The highest BCUT2D eigenvalue weighted by Crippen LogP contribution is 2.27. The fourth-order valence-electron chi connectivity index (χ4n) is 2.00. The standard InChI is InChI=1S/C11H15NO2/c1-11(5-3-7-14-11)9-12-6-2-4-10(12)8-13/h2,4,6,8H,3,5,7,9H2,1H3. The second-order valence-electron chi connectivity index (χ2n) is 4.08. The van der Waals surface area contributed by atoms with Crippen LogP contribution in [0.5, 0.6) is 0 Å². The van der Waals surface area contributed by atoms with E-state index in [0.717, 1.165) is 38.0 Å². The quantitative estimate of drug-likeness (QED) is 0.686. The molecule has 0 spiro atoms.